The summed E-state index contributed by atoms with van der Waals surface area (Å²) in [7, 11) is -3.80. The minimum Gasteiger partial charge on any atom is -0.326 e. The number of para-hydroxylation sites is 2. The fourth-order valence-corrected chi connectivity index (χ4v) is 3.68. The third-order valence-electron chi connectivity index (χ3n) is 3.43. The summed E-state index contributed by atoms with van der Waals surface area (Å²) in [6.07, 6.45) is 3.35. The zero-order valence-electron chi connectivity index (χ0n) is 13.7. The number of carbonyl (C=O) groups excluding carboxylic acids is 1. The number of sulfonamides is 1. The molecule has 2 aromatic carbocycles. The number of nitrogens with one attached hydrogen (secondary N) is 2. The van der Waals surface area contributed by atoms with E-state index in [-0.39, 0.29) is 10.8 Å². The van der Waals surface area contributed by atoms with Crippen LogP contribution in [0.1, 0.15) is 6.92 Å². The van der Waals surface area contributed by atoms with Gasteiger partial charge in [-0.05, 0) is 52.3 Å². The van der Waals surface area contributed by atoms with Crippen LogP contribution in [0.3, 0.4) is 0 Å². The molecule has 0 aliphatic carbocycles. The number of halogens is 1. The molecule has 0 unspecified atom stereocenters. The molecule has 2 N–H and O–H groups in total. The average molecular weight is 435 g/mol. The Morgan fingerprint density at radius 3 is 2.42 bits per heavy atom. The van der Waals surface area contributed by atoms with Gasteiger partial charge in [0.05, 0.1) is 26.9 Å². The van der Waals surface area contributed by atoms with Gasteiger partial charge in [-0.3, -0.25) is 9.52 Å². The Labute approximate surface area is 159 Å². The van der Waals surface area contributed by atoms with Crippen LogP contribution in [0.2, 0.25) is 0 Å². The standard InChI is InChI=1S/C17H15BrN4O3S/c1-12(23)20-14-6-8-15(9-7-14)26(24,25)21-16-4-2-3-5-17(16)22-11-13(18)10-19-22/h2-11,21H,1H3,(H,20,23). The second-order valence-corrected chi connectivity index (χ2v) is 8.03. The maximum absolute atomic E-state index is 12.7. The lowest BCUT2D eigenvalue weighted by atomic mass is 10.3. The molecule has 0 spiro atoms. The van der Waals surface area contributed by atoms with E-state index in [1.165, 1.54) is 31.2 Å². The monoisotopic (exact) mass is 434 g/mol. The molecule has 0 saturated heterocycles. The fraction of sp³-hybridized carbons (Fsp3) is 0.0588. The lowest BCUT2D eigenvalue weighted by Gasteiger charge is -2.13. The second-order valence-electron chi connectivity index (χ2n) is 5.43. The van der Waals surface area contributed by atoms with E-state index in [0.29, 0.717) is 17.1 Å². The van der Waals surface area contributed by atoms with Crippen molar-refractivity contribution < 1.29 is 13.2 Å². The van der Waals surface area contributed by atoms with Crippen LogP contribution < -0.4 is 10.0 Å². The molecule has 7 nitrogen and oxygen atoms in total. The summed E-state index contributed by atoms with van der Waals surface area (Å²) in [4.78, 5) is 11.1. The third-order valence-corrected chi connectivity index (χ3v) is 5.22. The van der Waals surface area contributed by atoms with Gasteiger partial charge in [0.25, 0.3) is 10.0 Å². The average Bonchev–Trinajstić information content (AvgIpc) is 3.01. The third kappa shape index (κ3) is 4.12. The smallest absolute Gasteiger partial charge is 0.261 e. The van der Waals surface area contributed by atoms with Crippen LogP contribution in [0.25, 0.3) is 5.69 Å². The lowest BCUT2D eigenvalue weighted by Crippen LogP contribution is -2.15. The van der Waals surface area contributed by atoms with Gasteiger partial charge in [0.1, 0.15) is 0 Å². The number of amides is 1. The molecule has 1 heterocycles. The minimum absolute atomic E-state index is 0.0862. The molecule has 0 saturated carbocycles. The first-order chi connectivity index (χ1) is 12.3. The molecule has 0 radical (unpaired) electrons. The highest BCUT2D eigenvalue weighted by atomic mass is 79.9. The normalized spacial score (nSPS) is 11.2. The van der Waals surface area contributed by atoms with Crippen molar-refractivity contribution in [1.29, 1.82) is 0 Å². The van der Waals surface area contributed by atoms with Crippen LogP contribution in [-0.4, -0.2) is 24.1 Å². The molecule has 0 aliphatic heterocycles. The molecular formula is C17H15BrN4O3S. The van der Waals surface area contributed by atoms with Crippen molar-refractivity contribution in [2.45, 2.75) is 11.8 Å². The van der Waals surface area contributed by atoms with Crippen molar-refractivity contribution in [2.75, 3.05) is 10.0 Å². The number of rotatable bonds is 5. The van der Waals surface area contributed by atoms with Gasteiger partial charge in [0.2, 0.25) is 5.91 Å². The van der Waals surface area contributed by atoms with E-state index in [1.54, 1.807) is 41.3 Å². The number of hydrogen-bond acceptors (Lipinski definition) is 4. The molecule has 3 rings (SSSR count). The molecule has 9 heteroatoms. The van der Waals surface area contributed by atoms with Gasteiger partial charge in [-0.15, -0.1) is 0 Å². The summed E-state index contributed by atoms with van der Waals surface area (Å²) in [5, 5.41) is 6.78. The molecule has 0 fully saturated rings. The van der Waals surface area contributed by atoms with Crippen molar-refractivity contribution in [3.05, 3.63) is 65.4 Å². The molecular weight excluding hydrogens is 420 g/mol. The van der Waals surface area contributed by atoms with Gasteiger partial charge in [-0.25, -0.2) is 13.1 Å². The Balaban J connectivity index is 1.90. The van der Waals surface area contributed by atoms with Crippen LogP contribution in [0.15, 0.2) is 70.3 Å². The zero-order chi connectivity index (χ0) is 18.7. The van der Waals surface area contributed by atoms with Crippen molar-refractivity contribution in [1.82, 2.24) is 9.78 Å². The molecule has 0 aliphatic rings. The fourth-order valence-electron chi connectivity index (χ4n) is 2.32. The predicted octanol–water partition coefficient (Wildman–Crippen LogP) is 3.39. The van der Waals surface area contributed by atoms with E-state index in [9.17, 15) is 13.2 Å². The van der Waals surface area contributed by atoms with Gasteiger partial charge in [0.15, 0.2) is 0 Å². The number of anilines is 2. The van der Waals surface area contributed by atoms with E-state index < -0.39 is 10.0 Å². The Bertz CT molecular complexity index is 1050. The summed E-state index contributed by atoms with van der Waals surface area (Å²) in [5.41, 5.74) is 1.52. The van der Waals surface area contributed by atoms with Crippen LogP contribution >= 0.6 is 15.9 Å². The Kier molecular flexibility index (Phi) is 5.10. The Hall–Kier alpha value is -2.65. The van der Waals surface area contributed by atoms with Gasteiger partial charge in [-0.1, -0.05) is 12.1 Å². The first-order valence-electron chi connectivity index (χ1n) is 7.55. The summed E-state index contributed by atoms with van der Waals surface area (Å²) in [5.74, 6) is -0.224. The largest absolute Gasteiger partial charge is 0.326 e. The predicted molar refractivity (Wildman–Crippen MR) is 103 cm³/mol. The minimum atomic E-state index is -3.80. The van der Waals surface area contributed by atoms with E-state index >= 15 is 0 Å². The molecule has 134 valence electrons. The van der Waals surface area contributed by atoms with Gasteiger partial charge < -0.3 is 5.32 Å². The highest BCUT2D eigenvalue weighted by Crippen LogP contribution is 2.24. The lowest BCUT2D eigenvalue weighted by molar-refractivity contribution is -0.114. The maximum Gasteiger partial charge on any atom is 0.261 e. The highest BCUT2D eigenvalue weighted by molar-refractivity contribution is 9.10. The summed E-state index contributed by atoms with van der Waals surface area (Å²) in [6.45, 7) is 1.39. The SMILES string of the molecule is CC(=O)Nc1ccc(S(=O)(=O)Nc2ccccc2-n2cc(Br)cn2)cc1. The van der Waals surface area contributed by atoms with Crippen molar-refractivity contribution >= 4 is 43.2 Å². The molecule has 1 aromatic heterocycles. The van der Waals surface area contributed by atoms with E-state index in [2.05, 4.69) is 31.1 Å². The molecule has 0 bridgehead atoms. The van der Waals surface area contributed by atoms with Crippen LogP contribution in [0.4, 0.5) is 11.4 Å². The van der Waals surface area contributed by atoms with Crippen LogP contribution in [-0.2, 0) is 14.8 Å². The zero-order valence-corrected chi connectivity index (χ0v) is 16.1. The first kappa shape index (κ1) is 18.2. The van der Waals surface area contributed by atoms with Crippen LogP contribution in [0, 0.1) is 0 Å². The van der Waals surface area contributed by atoms with E-state index in [1.807, 2.05) is 0 Å². The Morgan fingerprint density at radius 2 is 1.81 bits per heavy atom. The van der Waals surface area contributed by atoms with E-state index in [4.69, 9.17) is 0 Å². The quantitative estimate of drug-likeness (QED) is 0.643. The highest BCUT2D eigenvalue weighted by Gasteiger charge is 2.17. The van der Waals surface area contributed by atoms with Gasteiger partial charge in [0, 0.05) is 18.8 Å². The molecule has 26 heavy (non-hydrogen) atoms. The molecule has 1 amide bonds. The number of hydrogen-bond donors (Lipinski definition) is 2. The number of nitrogens with zero attached hydrogens (tertiary/aromatic N) is 2. The van der Waals surface area contributed by atoms with E-state index in [0.717, 1.165) is 4.47 Å². The Morgan fingerprint density at radius 1 is 1.12 bits per heavy atom. The van der Waals surface area contributed by atoms with Gasteiger partial charge >= 0.3 is 0 Å². The van der Waals surface area contributed by atoms with Crippen molar-refractivity contribution in [3.8, 4) is 5.69 Å². The van der Waals surface area contributed by atoms with Gasteiger partial charge in [-0.2, -0.15) is 5.10 Å². The van der Waals surface area contributed by atoms with Crippen molar-refractivity contribution in [3.63, 3.8) is 0 Å². The second kappa shape index (κ2) is 7.30. The summed E-state index contributed by atoms with van der Waals surface area (Å²) >= 11 is 3.32. The maximum atomic E-state index is 12.7. The summed E-state index contributed by atoms with van der Waals surface area (Å²) in [6, 6.07) is 12.9. The molecule has 3 aromatic rings. The topological polar surface area (TPSA) is 93.1 Å². The van der Waals surface area contributed by atoms with Crippen LogP contribution in [0.5, 0.6) is 0 Å². The van der Waals surface area contributed by atoms with Crippen molar-refractivity contribution in [2.24, 2.45) is 0 Å². The summed E-state index contributed by atoms with van der Waals surface area (Å²) < 4.78 is 30.3. The number of carbonyl (C=O) groups is 1. The first-order valence-corrected chi connectivity index (χ1v) is 9.83. The number of aromatic nitrogens is 2. The molecule has 0 atom stereocenters. The number of benzene rings is 2.